The maximum Gasteiger partial charge on any atom is 0.0642 e. The molecule has 0 radical (unpaired) electrons. The van der Waals surface area contributed by atoms with Crippen molar-refractivity contribution in [2.75, 3.05) is 26.3 Å². The van der Waals surface area contributed by atoms with Gasteiger partial charge in [0.2, 0.25) is 0 Å². The van der Waals surface area contributed by atoms with E-state index in [0.29, 0.717) is 5.92 Å². The predicted molar refractivity (Wildman–Crippen MR) is 46.4 cm³/mol. The van der Waals surface area contributed by atoms with Crippen molar-refractivity contribution in [3.05, 3.63) is 12.3 Å². The van der Waals surface area contributed by atoms with E-state index in [0.717, 1.165) is 26.3 Å². The number of hydrogen-bond donors (Lipinski definition) is 0. The molecule has 1 fully saturated rings. The number of hydrogen-bond acceptors (Lipinski definition) is 2. The van der Waals surface area contributed by atoms with Crippen molar-refractivity contribution in [2.45, 2.75) is 13.8 Å². The van der Waals surface area contributed by atoms with Crippen LogP contribution in [0.4, 0.5) is 0 Å². The zero-order chi connectivity index (χ0) is 8.27. The third kappa shape index (κ3) is 2.22. The lowest BCUT2D eigenvalue weighted by molar-refractivity contribution is 0.0499. The molecular formula is C9H17NO. The van der Waals surface area contributed by atoms with Crippen LogP contribution in [0.15, 0.2) is 12.3 Å². The average molecular weight is 155 g/mol. The molecule has 1 saturated heterocycles. The van der Waals surface area contributed by atoms with Gasteiger partial charge in [-0.25, -0.2) is 0 Å². The molecule has 0 aromatic rings. The molecule has 2 heteroatoms. The van der Waals surface area contributed by atoms with Crippen LogP contribution < -0.4 is 0 Å². The smallest absolute Gasteiger partial charge is 0.0642 e. The van der Waals surface area contributed by atoms with Gasteiger partial charge in [-0.3, -0.25) is 0 Å². The lowest BCUT2D eigenvalue weighted by atomic mass is 10.1. The van der Waals surface area contributed by atoms with Crippen LogP contribution in [0, 0.1) is 5.92 Å². The fraction of sp³-hybridized carbons (Fsp3) is 0.778. The minimum Gasteiger partial charge on any atom is -0.378 e. The van der Waals surface area contributed by atoms with Crippen LogP contribution in [-0.2, 0) is 4.74 Å². The monoisotopic (exact) mass is 155 g/mol. The molecule has 0 aromatic heterocycles. The molecule has 0 unspecified atom stereocenters. The molecule has 0 spiro atoms. The maximum absolute atomic E-state index is 5.25. The van der Waals surface area contributed by atoms with Crippen molar-refractivity contribution in [2.24, 2.45) is 5.92 Å². The largest absolute Gasteiger partial charge is 0.378 e. The molecule has 11 heavy (non-hydrogen) atoms. The summed E-state index contributed by atoms with van der Waals surface area (Å²) in [4.78, 5) is 2.31. The first-order chi connectivity index (χ1) is 5.22. The highest BCUT2D eigenvalue weighted by atomic mass is 16.5. The van der Waals surface area contributed by atoms with Crippen molar-refractivity contribution in [3.63, 3.8) is 0 Å². The van der Waals surface area contributed by atoms with Gasteiger partial charge in [-0.15, -0.1) is 0 Å². The van der Waals surface area contributed by atoms with Crippen LogP contribution >= 0.6 is 0 Å². The summed E-state index contributed by atoms with van der Waals surface area (Å²) in [5.74, 6) is 0.563. The molecule has 0 atom stereocenters. The van der Waals surface area contributed by atoms with Crippen LogP contribution in [0.2, 0.25) is 0 Å². The second-order valence-electron chi connectivity index (χ2n) is 3.25. The van der Waals surface area contributed by atoms with E-state index in [4.69, 9.17) is 4.74 Å². The molecular weight excluding hydrogens is 138 g/mol. The standard InChI is InChI=1S/C9H17NO/c1-8(2)9(3)10-4-6-11-7-5-10/h8H,3-7H2,1-2H3. The number of morpholine rings is 1. The Morgan fingerprint density at radius 2 is 1.91 bits per heavy atom. The normalized spacial score (nSPS) is 19.0. The van der Waals surface area contributed by atoms with Crippen molar-refractivity contribution >= 4 is 0 Å². The topological polar surface area (TPSA) is 12.5 Å². The van der Waals surface area contributed by atoms with E-state index in [1.165, 1.54) is 5.70 Å². The van der Waals surface area contributed by atoms with Gasteiger partial charge in [0.25, 0.3) is 0 Å². The Hall–Kier alpha value is -0.500. The summed E-state index contributed by atoms with van der Waals surface area (Å²) in [6, 6.07) is 0. The Kier molecular flexibility index (Phi) is 2.94. The zero-order valence-corrected chi connectivity index (χ0v) is 7.47. The van der Waals surface area contributed by atoms with Gasteiger partial charge in [-0.2, -0.15) is 0 Å². The summed E-state index contributed by atoms with van der Waals surface area (Å²) in [6.07, 6.45) is 0. The van der Waals surface area contributed by atoms with Crippen LogP contribution in [0.5, 0.6) is 0 Å². The van der Waals surface area contributed by atoms with Gasteiger partial charge in [0, 0.05) is 18.8 Å². The third-order valence-electron chi connectivity index (χ3n) is 2.08. The summed E-state index contributed by atoms with van der Waals surface area (Å²) >= 11 is 0. The molecule has 0 bridgehead atoms. The fourth-order valence-corrected chi connectivity index (χ4v) is 1.22. The minimum atomic E-state index is 0.563. The highest BCUT2D eigenvalue weighted by molar-refractivity contribution is 4.97. The van der Waals surface area contributed by atoms with Crippen molar-refractivity contribution in [1.82, 2.24) is 4.90 Å². The SMILES string of the molecule is C=C(C(C)C)N1CCOCC1. The first kappa shape index (κ1) is 8.60. The predicted octanol–water partition coefficient (Wildman–Crippen LogP) is 1.49. The summed E-state index contributed by atoms with van der Waals surface area (Å²) in [5, 5.41) is 0. The van der Waals surface area contributed by atoms with Crippen LogP contribution in [0.1, 0.15) is 13.8 Å². The second-order valence-corrected chi connectivity index (χ2v) is 3.25. The summed E-state index contributed by atoms with van der Waals surface area (Å²) in [6.45, 7) is 12.1. The molecule has 0 aromatic carbocycles. The van der Waals surface area contributed by atoms with Gasteiger partial charge in [-0.1, -0.05) is 20.4 Å². The first-order valence-electron chi connectivity index (χ1n) is 4.23. The average Bonchev–Trinajstić information content (AvgIpc) is 2.05. The lowest BCUT2D eigenvalue weighted by Crippen LogP contribution is -2.36. The zero-order valence-electron chi connectivity index (χ0n) is 7.47. The van der Waals surface area contributed by atoms with E-state index in [1.54, 1.807) is 0 Å². The molecule has 0 amide bonds. The summed E-state index contributed by atoms with van der Waals surface area (Å²) in [5.41, 5.74) is 1.24. The van der Waals surface area contributed by atoms with Crippen molar-refractivity contribution < 1.29 is 4.74 Å². The number of allylic oxidation sites excluding steroid dienone is 1. The molecule has 1 rings (SSSR count). The van der Waals surface area contributed by atoms with Crippen LogP contribution in [0.25, 0.3) is 0 Å². The van der Waals surface area contributed by atoms with E-state index < -0.39 is 0 Å². The third-order valence-corrected chi connectivity index (χ3v) is 2.08. The Morgan fingerprint density at radius 1 is 1.36 bits per heavy atom. The van der Waals surface area contributed by atoms with Crippen molar-refractivity contribution in [1.29, 1.82) is 0 Å². The number of rotatable bonds is 2. The molecule has 1 aliphatic rings. The molecule has 0 saturated carbocycles. The number of nitrogens with zero attached hydrogens (tertiary/aromatic N) is 1. The van der Waals surface area contributed by atoms with Gasteiger partial charge in [0.05, 0.1) is 13.2 Å². The molecule has 0 N–H and O–H groups in total. The maximum atomic E-state index is 5.25. The molecule has 2 nitrogen and oxygen atoms in total. The minimum absolute atomic E-state index is 0.563. The van der Waals surface area contributed by atoms with Gasteiger partial charge in [0.15, 0.2) is 0 Å². The van der Waals surface area contributed by atoms with Gasteiger partial charge >= 0.3 is 0 Å². The Labute approximate surface area is 68.8 Å². The van der Waals surface area contributed by atoms with E-state index in [-0.39, 0.29) is 0 Å². The highest BCUT2D eigenvalue weighted by Gasteiger charge is 2.13. The van der Waals surface area contributed by atoms with E-state index in [1.807, 2.05) is 0 Å². The second kappa shape index (κ2) is 3.77. The molecule has 64 valence electrons. The van der Waals surface area contributed by atoms with Crippen molar-refractivity contribution in [3.8, 4) is 0 Å². The summed E-state index contributed by atoms with van der Waals surface area (Å²) in [7, 11) is 0. The van der Waals surface area contributed by atoms with Gasteiger partial charge in [0.1, 0.15) is 0 Å². The highest BCUT2D eigenvalue weighted by Crippen LogP contribution is 2.13. The van der Waals surface area contributed by atoms with Crippen LogP contribution in [-0.4, -0.2) is 31.2 Å². The Morgan fingerprint density at radius 3 is 2.36 bits per heavy atom. The van der Waals surface area contributed by atoms with Gasteiger partial charge in [-0.05, 0) is 5.92 Å². The summed E-state index contributed by atoms with van der Waals surface area (Å²) < 4.78 is 5.25. The molecule has 0 aliphatic carbocycles. The molecule has 1 aliphatic heterocycles. The van der Waals surface area contributed by atoms with E-state index in [9.17, 15) is 0 Å². The number of ether oxygens (including phenoxy) is 1. The lowest BCUT2D eigenvalue weighted by Gasteiger charge is -2.32. The first-order valence-corrected chi connectivity index (χ1v) is 4.23. The van der Waals surface area contributed by atoms with Gasteiger partial charge < -0.3 is 9.64 Å². The Balaban J connectivity index is 2.39. The Bertz CT molecular complexity index is 136. The van der Waals surface area contributed by atoms with E-state index in [2.05, 4.69) is 25.3 Å². The van der Waals surface area contributed by atoms with E-state index >= 15 is 0 Å². The van der Waals surface area contributed by atoms with Crippen LogP contribution in [0.3, 0.4) is 0 Å². The quantitative estimate of drug-likeness (QED) is 0.599. The molecule has 1 heterocycles. The fourth-order valence-electron chi connectivity index (χ4n) is 1.22.